The van der Waals surface area contributed by atoms with Crippen LogP contribution in [0.2, 0.25) is 0 Å². The molecule has 0 spiro atoms. The first-order valence-electron chi connectivity index (χ1n) is 8.12. The van der Waals surface area contributed by atoms with Gasteiger partial charge in [0.25, 0.3) is 22.9 Å². The molecule has 2 aromatic heterocycles. The molecule has 2 heterocycles. The van der Waals surface area contributed by atoms with E-state index in [0.29, 0.717) is 10.7 Å². The monoisotopic (exact) mass is 463 g/mol. The average Bonchev–Trinajstić information content (AvgIpc) is 3.31. The highest BCUT2D eigenvalue weighted by atomic mass is 32.2. The second-order valence-corrected chi connectivity index (χ2v) is 8.35. The maximum absolute atomic E-state index is 13.0. The van der Waals surface area contributed by atoms with Gasteiger partial charge in [-0.25, -0.2) is 31.0 Å². The van der Waals surface area contributed by atoms with Crippen LogP contribution in [-0.2, 0) is 21.4 Å². The van der Waals surface area contributed by atoms with Crippen LogP contribution < -0.4 is 10.0 Å². The summed E-state index contributed by atoms with van der Waals surface area (Å²) in [5.41, 5.74) is -1.50. The summed E-state index contributed by atoms with van der Waals surface area (Å²) < 4.78 is 78.6. The normalized spacial score (nSPS) is 11.8. The van der Waals surface area contributed by atoms with Gasteiger partial charge in [-0.15, -0.1) is 11.3 Å². The number of hydrogen-bond acceptors (Lipinski definition) is 6. The Labute approximate surface area is 171 Å². The highest BCUT2D eigenvalue weighted by molar-refractivity contribution is 7.93. The van der Waals surface area contributed by atoms with Crippen molar-refractivity contribution in [3.8, 4) is 0 Å². The molecule has 14 heteroatoms. The number of nitrogens with zero attached hydrogens (tertiary/aromatic N) is 3. The summed E-state index contributed by atoms with van der Waals surface area (Å²) in [5, 5.41) is 7.47. The van der Waals surface area contributed by atoms with Crippen LogP contribution in [0.3, 0.4) is 0 Å². The zero-order valence-corrected chi connectivity index (χ0v) is 16.4. The summed E-state index contributed by atoms with van der Waals surface area (Å²) in [5.74, 6) is -0.808. The van der Waals surface area contributed by atoms with Crippen LogP contribution in [0.15, 0.2) is 46.8 Å². The summed E-state index contributed by atoms with van der Waals surface area (Å²) in [6.45, 7) is -0.724. The number of thiazole rings is 1. The number of alkyl halides is 4. The Bertz CT molecular complexity index is 1120. The zero-order valence-electron chi connectivity index (χ0n) is 14.8. The Morgan fingerprint density at radius 2 is 1.83 bits per heavy atom. The number of benzene rings is 1. The highest BCUT2D eigenvalue weighted by Gasteiger charge is 2.22. The van der Waals surface area contributed by atoms with Crippen LogP contribution in [0.25, 0.3) is 0 Å². The van der Waals surface area contributed by atoms with Crippen LogP contribution in [0, 0.1) is 0 Å². The molecule has 8 nitrogen and oxygen atoms in total. The summed E-state index contributed by atoms with van der Waals surface area (Å²) in [7, 11) is -3.88. The van der Waals surface area contributed by atoms with Gasteiger partial charge in [0.15, 0.2) is 5.13 Å². The van der Waals surface area contributed by atoms with Gasteiger partial charge < -0.3 is 5.32 Å². The van der Waals surface area contributed by atoms with Crippen LogP contribution in [0.1, 0.15) is 24.2 Å². The van der Waals surface area contributed by atoms with E-state index in [0.717, 1.165) is 11.3 Å². The summed E-state index contributed by atoms with van der Waals surface area (Å²) in [6, 6.07) is 5.56. The zero-order chi connectivity index (χ0) is 21.9. The Kier molecular flexibility index (Phi) is 6.36. The van der Waals surface area contributed by atoms with Crippen molar-refractivity contribution in [2.24, 2.45) is 0 Å². The molecular formula is C16H13F4N5O3S2. The number of carbonyl (C=O) groups excluding carboxylic acids is 1. The molecule has 0 saturated carbocycles. The van der Waals surface area contributed by atoms with Gasteiger partial charge in [-0.05, 0) is 30.3 Å². The number of rotatable bonds is 8. The molecule has 1 amide bonds. The molecule has 2 N–H and O–H groups in total. The van der Waals surface area contributed by atoms with Crippen molar-refractivity contribution in [3.63, 3.8) is 0 Å². The van der Waals surface area contributed by atoms with Crippen molar-refractivity contribution in [3.05, 3.63) is 53.3 Å². The standard InChI is InChI=1S/C16H13F4N5O3S2/c17-14(18)11-7-12(15(19)20)25(23-11)8-13(26)22-9-1-3-10(4-2-9)30(27,28)24-16-21-5-6-29-16/h1-7,14-15H,8H2,(H,21,24)(H,22,26). The van der Waals surface area contributed by atoms with E-state index < -0.39 is 46.7 Å². The Morgan fingerprint density at radius 3 is 2.40 bits per heavy atom. The van der Waals surface area contributed by atoms with Crippen molar-refractivity contribution < 1.29 is 30.8 Å². The molecule has 0 bridgehead atoms. The van der Waals surface area contributed by atoms with Crippen molar-refractivity contribution in [1.82, 2.24) is 14.8 Å². The first kappa shape index (κ1) is 21.7. The lowest BCUT2D eigenvalue weighted by Gasteiger charge is -2.09. The molecule has 30 heavy (non-hydrogen) atoms. The number of anilines is 2. The molecular weight excluding hydrogens is 450 g/mol. The summed E-state index contributed by atoms with van der Waals surface area (Å²) >= 11 is 1.10. The first-order chi connectivity index (χ1) is 14.2. The number of sulfonamides is 1. The minimum Gasteiger partial charge on any atom is -0.324 e. The average molecular weight is 463 g/mol. The lowest BCUT2D eigenvalue weighted by molar-refractivity contribution is -0.117. The van der Waals surface area contributed by atoms with E-state index in [2.05, 4.69) is 20.1 Å². The van der Waals surface area contributed by atoms with Crippen molar-refractivity contribution in [2.75, 3.05) is 10.0 Å². The van der Waals surface area contributed by atoms with Gasteiger partial charge in [0, 0.05) is 17.3 Å². The third kappa shape index (κ3) is 5.13. The van der Waals surface area contributed by atoms with Gasteiger partial charge in [0.1, 0.15) is 17.9 Å². The number of nitrogens with one attached hydrogen (secondary N) is 2. The van der Waals surface area contributed by atoms with E-state index in [-0.39, 0.29) is 15.7 Å². The second kappa shape index (κ2) is 8.79. The second-order valence-electron chi connectivity index (χ2n) is 5.77. The maximum Gasteiger partial charge on any atom is 0.282 e. The van der Waals surface area contributed by atoms with Gasteiger partial charge in [-0.3, -0.25) is 14.2 Å². The largest absolute Gasteiger partial charge is 0.324 e. The number of hydrogen-bond donors (Lipinski definition) is 2. The number of amides is 1. The molecule has 1 aromatic carbocycles. The first-order valence-corrected chi connectivity index (χ1v) is 10.5. The Morgan fingerprint density at radius 1 is 1.13 bits per heavy atom. The molecule has 3 aromatic rings. The van der Waals surface area contributed by atoms with Gasteiger partial charge >= 0.3 is 0 Å². The lowest BCUT2D eigenvalue weighted by Crippen LogP contribution is -2.21. The fraction of sp³-hybridized carbons (Fsp3) is 0.188. The topological polar surface area (TPSA) is 106 Å². The quantitative estimate of drug-likeness (QED) is 0.496. The maximum atomic E-state index is 13.0. The third-order valence-electron chi connectivity index (χ3n) is 3.67. The number of carbonyl (C=O) groups is 1. The molecule has 3 rings (SSSR count). The smallest absolute Gasteiger partial charge is 0.282 e. The van der Waals surface area contributed by atoms with Crippen LogP contribution >= 0.6 is 11.3 Å². The van der Waals surface area contributed by atoms with E-state index in [1.807, 2.05) is 0 Å². The molecule has 0 fully saturated rings. The van der Waals surface area contributed by atoms with Crippen molar-refractivity contribution >= 4 is 38.1 Å². The predicted molar refractivity (Wildman–Crippen MR) is 100 cm³/mol. The molecule has 0 atom stereocenters. The van der Waals surface area contributed by atoms with Gasteiger partial charge in [-0.2, -0.15) is 5.10 Å². The Balaban J connectivity index is 1.68. The van der Waals surface area contributed by atoms with E-state index in [9.17, 15) is 30.8 Å². The van der Waals surface area contributed by atoms with Gasteiger partial charge in [0.2, 0.25) is 5.91 Å². The molecule has 0 saturated heterocycles. The van der Waals surface area contributed by atoms with E-state index in [4.69, 9.17) is 0 Å². The minimum absolute atomic E-state index is 0.0932. The van der Waals surface area contributed by atoms with Crippen LogP contribution in [0.4, 0.5) is 28.4 Å². The van der Waals surface area contributed by atoms with Crippen LogP contribution in [-0.4, -0.2) is 29.1 Å². The molecule has 160 valence electrons. The third-order valence-corrected chi connectivity index (χ3v) is 5.85. The Hall–Kier alpha value is -3.00. The molecule has 0 aliphatic rings. The molecule has 0 unspecified atom stereocenters. The molecule has 0 aliphatic heterocycles. The fourth-order valence-corrected chi connectivity index (χ4v) is 4.15. The molecule has 0 aliphatic carbocycles. The predicted octanol–water partition coefficient (Wildman–Crippen LogP) is 3.65. The SMILES string of the molecule is O=C(Cn1nc(C(F)F)cc1C(F)F)Nc1ccc(S(=O)(=O)Nc2nccs2)cc1. The fourth-order valence-electron chi connectivity index (χ4n) is 2.36. The van der Waals surface area contributed by atoms with Gasteiger partial charge in [0.05, 0.1) is 4.90 Å². The highest BCUT2D eigenvalue weighted by Crippen LogP contribution is 2.25. The lowest BCUT2D eigenvalue weighted by atomic mass is 10.3. The molecule has 0 radical (unpaired) electrons. The number of halogens is 4. The van der Waals surface area contributed by atoms with Crippen molar-refractivity contribution in [1.29, 1.82) is 0 Å². The number of aromatic nitrogens is 3. The van der Waals surface area contributed by atoms with E-state index in [1.54, 1.807) is 5.38 Å². The summed E-state index contributed by atoms with van der Waals surface area (Å²) in [4.78, 5) is 15.8. The van der Waals surface area contributed by atoms with Crippen molar-refractivity contribution in [2.45, 2.75) is 24.3 Å². The van der Waals surface area contributed by atoms with Crippen LogP contribution in [0.5, 0.6) is 0 Å². The van der Waals surface area contributed by atoms with Gasteiger partial charge in [-0.1, -0.05) is 0 Å². The minimum atomic E-state index is -3.88. The van der Waals surface area contributed by atoms with E-state index in [1.165, 1.54) is 30.5 Å². The summed E-state index contributed by atoms with van der Waals surface area (Å²) in [6.07, 6.45) is -4.71. The van der Waals surface area contributed by atoms with E-state index >= 15 is 0 Å².